The van der Waals surface area contributed by atoms with Crippen LogP contribution in [-0.4, -0.2) is 75.1 Å². The highest BCUT2D eigenvalue weighted by Crippen LogP contribution is 2.42. The van der Waals surface area contributed by atoms with Crippen molar-refractivity contribution in [1.29, 1.82) is 5.26 Å². The molecule has 194 valence electrons. The predicted molar refractivity (Wildman–Crippen MR) is 134 cm³/mol. The zero-order chi connectivity index (χ0) is 25.7. The summed E-state index contributed by atoms with van der Waals surface area (Å²) in [6.07, 6.45) is 4.83. The Labute approximate surface area is 214 Å². The van der Waals surface area contributed by atoms with Gasteiger partial charge in [0.1, 0.15) is 5.82 Å². The molecule has 3 fully saturated rings. The van der Waals surface area contributed by atoms with Gasteiger partial charge >= 0.3 is 17.8 Å². The van der Waals surface area contributed by atoms with Crippen molar-refractivity contribution in [3.63, 3.8) is 0 Å². The number of nitriles is 1. The zero-order valence-corrected chi connectivity index (χ0v) is 20.8. The number of likely N-dealkylation sites (tertiary alicyclic amines) is 2. The summed E-state index contributed by atoms with van der Waals surface area (Å²) >= 11 is 0. The summed E-state index contributed by atoms with van der Waals surface area (Å²) in [6, 6.07) is 4.02. The first-order valence-electron chi connectivity index (χ1n) is 13.0. The average molecular weight is 506 g/mol. The van der Waals surface area contributed by atoms with Crippen molar-refractivity contribution < 1.29 is 14.4 Å². The van der Waals surface area contributed by atoms with Crippen LogP contribution in [0.4, 0.5) is 16.4 Å². The predicted octanol–water partition coefficient (Wildman–Crippen LogP) is 1.73. The molecule has 2 saturated heterocycles. The molecule has 12 heteroatoms. The summed E-state index contributed by atoms with van der Waals surface area (Å²) in [5.74, 6) is 0.457. The van der Waals surface area contributed by atoms with E-state index in [1.165, 1.54) is 0 Å². The topological polar surface area (TPSA) is 151 Å². The highest BCUT2D eigenvalue weighted by atomic mass is 16.2. The van der Waals surface area contributed by atoms with Crippen LogP contribution in [0.25, 0.3) is 11.3 Å². The Morgan fingerprint density at radius 1 is 1.16 bits per heavy atom. The SMILES string of the molecule is C[C@@H]1CCN(C(=O)N2CC(C#N)C2)C[C@@H]1n1nc(NC(=O)C(=O)NCC2CC2)c2c1-c1cc[nH]c1NC2. The fourth-order valence-electron chi connectivity index (χ4n) is 5.41. The Bertz CT molecular complexity index is 1280. The molecule has 12 nitrogen and oxygen atoms in total. The van der Waals surface area contributed by atoms with Crippen molar-refractivity contribution >= 4 is 29.5 Å². The van der Waals surface area contributed by atoms with Crippen molar-refractivity contribution in [2.24, 2.45) is 17.8 Å². The Hall–Kier alpha value is -4.01. The molecular formula is C25H31N9O3. The van der Waals surface area contributed by atoms with E-state index in [-0.39, 0.29) is 23.9 Å². The normalized spacial score (nSPS) is 22.7. The van der Waals surface area contributed by atoms with Gasteiger partial charge in [0.25, 0.3) is 0 Å². The highest BCUT2D eigenvalue weighted by molar-refractivity contribution is 6.39. The molecule has 2 aromatic heterocycles. The number of rotatable bonds is 4. The fourth-order valence-corrected chi connectivity index (χ4v) is 5.41. The number of anilines is 2. The van der Waals surface area contributed by atoms with Gasteiger partial charge in [-0.15, -0.1) is 0 Å². The largest absolute Gasteiger partial charge is 0.367 e. The van der Waals surface area contributed by atoms with Crippen LogP contribution in [0.1, 0.15) is 37.8 Å². The summed E-state index contributed by atoms with van der Waals surface area (Å²) in [4.78, 5) is 45.0. The van der Waals surface area contributed by atoms with E-state index in [9.17, 15) is 14.4 Å². The molecule has 0 unspecified atom stereocenters. The van der Waals surface area contributed by atoms with Gasteiger partial charge in [-0.2, -0.15) is 10.4 Å². The number of hydrogen-bond acceptors (Lipinski definition) is 6. The van der Waals surface area contributed by atoms with Crippen LogP contribution in [0.15, 0.2) is 12.3 Å². The van der Waals surface area contributed by atoms with Gasteiger partial charge in [-0.05, 0) is 37.2 Å². The van der Waals surface area contributed by atoms with Crippen molar-refractivity contribution in [2.75, 3.05) is 43.4 Å². The number of urea groups is 1. The number of nitrogens with one attached hydrogen (secondary N) is 4. The fraction of sp³-hybridized carbons (Fsp3) is 0.560. The number of H-pyrrole nitrogens is 1. The summed E-state index contributed by atoms with van der Waals surface area (Å²) in [5, 5.41) is 22.7. The lowest BCUT2D eigenvalue weighted by Crippen LogP contribution is -2.57. The lowest BCUT2D eigenvalue weighted by Gasteiger charge is -2.43. The number of hydrogen-bond donors (Lipinski definition) is 4. The Morgan fingerprint density at radius 3 is 2.73 bits per heavy atom. The Balaban J connectivity index is 1.27. The molecule has 1 saturated carbocycles. The number of amides is 4. The lowest BCUT2D eigenvalue weighted by molar-refractivity contribution is -0.136. The highest BCUT2D eigenvalue weighted by Gasteiger charge is 2.39. The third-order valence-electron chi connectivity index (χ3n) is 7.98. The van der Waals surface area contributed by atoms with Gasteiger partial charge in [-0.1, -0.05) is 6.92 Å². The minimum absolute atomic E-state index is 0.0470. The molecule has 4 N–H and O–H groups in total. The van der Waals surface area contributed by atoms with E-state index in [0.717, 1.165) is 41.9 Å². The monoisotopic (exact) mass is 505 g/mol. The minimum atomic E-state index is -0.730. The van der Waals surface area contributed by atoms with Gasteiger partial charge in [-0.3, -0.25) is 14.3 Å². The van der Waals surface area contributed by atoms with E-state index in [1.54, 1.807) is 4.90 Å². The summed E-state index contributed by atoms with van der Waals surface area (Å²) in [7, 11) is 0. The molecule has 0 radical (unpaired) electrons. The molecule has 0 bridgehead atoms. The second-order valence-corrected chi connectivity index (χ2v) is 10.6. The van der Waals surface area contributed by atoms with Crippen LogP contribution in [0, 0.1) is 29.1 Å². The van der Waals surface area contributed by atoms with Crippen molar-refractivity contribution in [3.8, 4) is 17.3 Å². The van der Waals surface area contributed by atoms with Gasteiger partial charge < -0.3 is 30.7 Å². The lowest BCUT2D eigenvalue weighted by atomic mass is 9.92. The first-order valence-corrected chi connectivity index (χ1v) is 13.0. The zero-order valence-electron chi connectivity index (χ0n) is 20.8. The number of aromatic nitrogens is 3. The van der Waals surface area contributed by atoms with E-state index in [0.29, 0.717) is 51.0 Å². The number of aromatic amines is 1. The summed E-state index contributed by atoms with van der Waals surface area (Å²) < 4.78 is 1.93. The minimum Gasteiger partial charge on any atom is -0.367 e. The molecule has 5 heterocycles. The third-order valence-corrected chi connectivity index (χ3v) is 7.98. The molecule has 0 spiro atoms. The van der Waals surface area contributed by atoms with Gasteiger partial charge in [0.05, 0.1) is 23.7 Å². The number of carbonyl (C=O) groups excluding carboxylic acids is 3. The molecule has 0 aromatic carbocycles. The van der Waals surface area contributed by atoms with Crippen molar-refractivity contribution in [3.05, 3.63) is 17.8 Å². The molecule has 37 heavy (non-hydrogen) atoms. The van der Waals surface area contributed by atoms with Gasteiger partial charge in [0.2, 0.25) is 0 Å². The molecule has 3 aliphatic heterocycles. The molecule has 2 atom stereocenters. The number of carbonyl (C=O) groups is 3. The van der Waals surface area contributed by atoms with Crippen LogP contribution in [0.2, 0.25) is 0 Å². The van der Waals surface area contributed by atoms with E-state index < -0.39 is 11.8 Å². The summed E-state index contributed by atoms with van der Waals surface area (Å²) in [5.41, 5.74) is 2.62. The smallest absolute Gasteiger partial charge is 0.320 e. The second kappa shape index (κ2) is 9.14. The van der Waals surface area contributed by atoms with E-state index in [2.05, 4.69) is 33.9 Å². The Morgan fingerprint density at radius 2 is 1.97 bits per heavy atom. The second-order valence-electron chi connectivity index (χ2n) is 10.6. The number of nitrogens with zero attached hydrogens (tertiary/aromatic N) is 5. The van der Waals surface area contributed by atoms with E-state index in [1.807, 2.05) is 21.8 Å². The first kappa shape index (κ1) is 23.4. The van der Waals surface area contributed by atoms with Crippen LogP contribution < -0.4 is 16.0 Å². The van der Waals surface area contributed by atoms with Crippen molar-refractivity contribution in [1.82, 2.24) is 29.9 Å². The van der Waals surface area contributed by atoms with Gasteiger partial charge in [0, 0.05) is 56.6 Å². The maximum atomic E-state index is 13.1. The van der Waals surface area contributed by atoms with Crippen LogP contribution in [-0.2, 0) is 16.1 Å². The molecule has 4 amide bonds. The molecule has 1 aliphatic carbocycles. The van der Waals surface area contributed by atoms with Crippen LogP contribution in [0.5, 0.6) is 0 Å². The number of piperidine rings is 1. The first-order chi connectivity index (χ1) is 17.9. The Kier molecular flexibility index (Phi) is 5.78. The molecule has 4 aliphatic rings. The maximum Gasteiger partial charge on any atom is 0.320 e. The summed E-state index contributed by atoms with van der Waals surface area (Å²) in [6.45, 7) is 5.18. The van der Waals surface area contributed by atoms with E-state index >= 15 is 0 Å². The van der Waals surface area contributed by atoms with Crippen LogP contribution in [0.3, 0.4) is 0 Å². The standard InChI is InChI=1S/C25H31N9O3/c1-14-5-7-32(25(37)33-11-16(8-26)12-33)13-19(14)34-20-17-4-6-27-21(17)28-10-18(20)22(31-34)30-24(36)23(35)29-9-15-2-3-15/h4,6,14-16,19,27-28H,2-3,5,7,9-13H2,1H3,(H,29,35)(H,30,31,36)/t14-,19+/m1/s1. The molecular weight excluding hydrogens is 474 g/mol. The maximum absolute atomic E-state index is 13.1. The van der Waals surface area contributed by atoms with Crippen molar-refractivity contribution in [2.45, 2.75) is 38.8 Å². The quantitative estimate of drug-likeness (QED) is 0.465. The van der Waals surface area contributed by atoms with Gasteiger partial charge in [-0.25, -0.2) is 4.79 Å². The van der Waals surface area contributed by atoms with Crippen LogP contribution >= 0.6 is 0 Å². The van der Waals surface area contributed by atoms with E-state index in [4.69, 9.17) is 10.4 Å². The third kappa shape index (κ3) is 4.28. The van der Waals surface area contributed by atoms with Gasteiger partial charge in [0.15, 0.2) is 5.82 Å². The molecule has 6 rings (SSSR count). The average Bonchev–Trinajstić information content (AvgIpc) is 3.45. The number of fused-ring (bicyclic) bond motifs is 3. The molecule has 2 aromatic rings.